The van der Waals surface area contributed by atoms with Gasteiger partial charge >= 0.3 is 0 Å². The van der Waals surface area contributed by atoms with Crippen LogP contribution in [0.3, 0.4) is 0 Å². The second-order valence-electron chi connectivity index (χ2n) is 4.84. The lowest BCUT2D eigenvalue weighted by Gasteiger charge is -2.40. The molecule has 1 amide bonds. The Labute approximate surface area is 117 Å². The Kier molecular flexibility index (Phi) is 4.34. The Morgan fingerprint density at radius 2 is 2.21 bits per heavy atom. The summed E-state index contributed by atoms with van der Waals surface area (Å²) in [4.78, 5) is 12.2. The fourth-order valence-corrected chi connectivity index (χ4v) is 3.24. The predicted octanol–water partition coefficient (Wildman–Crippen LogP) is 2.88. The van der Waals surface area contributed by atoms with E-state index in [1.807, 2.05) is 0 Å². The number of rotatable bonds is 5. The van der Waals surface area contributed by atoms with Crippen molar-refractivity contribution in [2.45, 2.75) is 24.0 Å². The van der Waals surface area contributed by atoms with Crippen LogP contribution >= 0.6 is 11.8 Å². The molecule has 104 valence electrons. The van der Waals surface area contributed by atoms with Crippen molar-refractivity contribution < 1.29 is 9.18 Å². The first kappa shape index (κ1) is 14.2. The van der Waals surface area contributed by atoms with E-state index < -0.39 is 5.82 Å². The number of nitrogens with one attached hydrogen (secondary N) is 2. The number of anilines is 1. The molecule has 2 N–H and O–H groups in total. The minimum absolute atomic E-state index is 0.183. The number of carbonyl (C=O) groups is 1. The van der Waals surface area contributed by atoms with Gasteiger partial charge in [0.15, 0.2) is 0 Å². The number of hydrogen-bond acceptors (Lipinski definition) is 3. The van der Waals surface area contributed by atoms with Crippen molar-refractivity contribution in [3.63, 3.8) is 0 Å². The van der Waals surface area contributed by atoms with E-state index in [-0.39, 0.29) is 16.3 Å². The quantitative estimate of drug-likeness (QED) is 0.872. The molecule has 1 aliphatic rings. The highest BCUT2D eigenvalue weighted by Crippen LogP contribution is 2.42. The van der Waals surface area contributed by atoms with Crippen LogP contribution in [0.2, 0.25) is 0 Å². The summed E-state index contributed by atoms with van der Waals surface area (Å²) in [7, 11) is 1.62. The molecule has 0 atom stereocenters. The minimum Gasteiger partial charge on any atom is -0.385 e. The highest BCUT2D eigenvalue weighted by molar-refractivity contribution is 8.00. The van der Waals surface area contributed by atoms with Crippen molar-refractivity contribution >= 4 is 23.4 Å². The molecule has 3 nitrogen and oxygen atoms in total. The fourth-order valence-electron chi connectivity index (χ4n) is 2.33. The van der Waals surface area contributed by atoms with E-state index in [4.69, 9.17) is 0 Å². The van der Waals surface area contributed by atoms with Gasteiger partial charge in [0.25, 0.3) is 5.91 Å². The van der Waals surface area contributed by atoms with Gasteiger partial charge in [-0.05, 0) is 31.2 Å². The van der Waals surface area contributed by atoms with E-state index in [0.717, 1.165) is 12.8 Å². The summed E-state index contributed by atoms with van der Waals surface area (Å²) >= 11 is 1.80. The smallest absolute Gasteiger partial charge is 0.253 e. The van der Waals surface area contributed by atoms with Gasteiger partial charge in [-0.25, -0.2) is 4.39 Å². The summed E-state index contributed by atoms with van der Waals surface area (Å²) in [6.45, 7) is 0.646. The molecule has 1 fully saturated rings. The van der Waals surface area contributed by atoms with Crippen LogP contribution in [0.15, 0.2) is 18.2 Å². The van der Waals surface area contributed by atoms with Crippen LogP contribution < -0.4 is 10.6 Å². The molecule has 0 aromatic heterocycles. The summed E-state index contributed by atoms with van der Waals surface area (Å²) in [6, 6.07) is 4.54. The van der Waals surface area contributed by atoms with Crippen LogP contribution in [0.4, 0.5) is 10.1 Å². The SMILES string of the molecule is CNc1c(F)cccc1C(=O)NCC1(SC)CCC1. The van der Waals surface area contributed by atoms with Gasteiger partial charge in [0.05, 0.1) is 11.3 Å². The third-order valence-electron chi connectivity index (χ3n) is 3.78. The molecule has 1 aliphatic carbocycles. The van der Waals surface area contributed by atoms with Gasteiger partial charge in [-0.2, -0.15) is 11.8 Å². The molecule has 1 aromatic rings. The van der Waals surface area contributed by atoms with E-state index >= 15 is 0 Å². The second kappa shape index (κ2) is 5.82. The largest absolute Gasteiger partial charge is 0.385 e. The lowest BCUT2D eigenvalue weighted by molar-refractivity contribution is 0.0944. The average molecular weight is 282 g/mol. The van der Waals surface area contributed by atoms with Gasteiger partial charge in [-0.15, -0.1) is 0 Å². The van der Waals surface area contributed by atoms with Crippen LogP contribution in [0.1, 0.15) is 29.6 Å². The molecule has 5 heteroatoms. The van der Waals surface area contributed by atoms with E-state index in [1.165, 1.54) is 12.5 Å². The first-order chi connectivity index (χ1) is 9.12. The number of amides is 1. The second-order valence-corrected chi connectivity index (χ2v) is 6.11. The lowest BCUT2D eigenvalue weighted by Crippen LogP contribution is -2.45. The van der Waals surface area contributed by atoms with E-state index in [2.05, 4.69) is 16.9 Å². The molecular formula is C14H19FN2OS. The molecule has 19 heavy (non-hydrogen) atoms. The van der Waals surface area contributed by atoms with Gasteiger partial charge in [0.1, 0.15) is 5.82 Å². The first-order valence-electron chi connectivity index (χ1n) is 6.41. The summed E-state index contributed by atoms with van der Waals surface area (Å²) in [5.41, 5.74) is 0.616. The highest BCUT2D eigenvalue weighted by atomic mass is 32.2. The molecule has 0 bridgehead atoms. The van der Waals surface area contributed by atoms with E-state index in [9.17, 15) is 9.18 Å². The van der Waals surface area contributed by atoms with E-state index in [1.54, 1.807) is 30.9 Å². The maximum atomic E-state index is 13.6. The molecule has 0 aliphatic heterocycles. The molecule has 1 saturated carbocycles. The Morgan fingerprint density at radius 1 is 1.47 bits per heavy atom. The van der Waals surface area contributed by atoms with Gasteiger partial charge in [-0.1, -0.05) is 12.5 Å². The number of benzene rings is 1. The lowest BCUT2D eigenvalue weighted by atomic mass is 9.84. The molecule has 2 rings (SSSR count). The molecule has 0 spiro atoms. The number of halogens is 1. The maximum absolute atomic E-state index is 13.6. The van der Waals surface area contributed by atoms with Gasteiger partial charge < -0.3 is 10.6 Å². The molecular weight excluding hydrogens is 263 g/mol. The van der Waals surface area contributed by atoms with Crippen molar-refractivity contribution in [2.75, 3.05) is 25.2 Å². The van der Waals surface area contributed by atoms with Crippen molar-refractivity contribution in [1.82, 2.24) is 5.32 Å². The zero-order valence-corrected chi connectivity index (χ0v) is 12.1. The minimum atomic E-state index is -0.404. The zero-order valence-electron chi connectivity index (χ0n) is 11.3. The molecule has 0 unspecified atom stereocenters. The maximum Gasteiger partial charge on any atom is 0.253 e. The van der Waals surface area contributed by atoms with Crippen molar-refractivity contribution in [1.29, 1.82) is 0 Å². The number of thioether (sulfide) groups is 1. The van der Waals surface area contributed by atoms with Gasteiger partial charge in [-0.3, -0.25) is 4.79 Å². The predicted molar refractivity (Wildman–Crippen MR) is 78.4 cm³/mol. The molecule has 1 aromatic carbocycles. The molecule has 0 heterocycles. The van der Waals surface area contributed by atoms with Crippen LogP contribution in [0.5, 0.6) is 0 Å². The normalized spacial score (nSPS) is 16.6. The zero-order chi connectivity index (χ0) is 13.9. The van der Waals surface area contributed by atoms with Crippen LogP contribution in [0.25, 0.3) is 0 Å². The Hall–Kier alpha value is -1.23. The number of carbonyl (C=O) groups excluding carboxylic acids is 1. The summed E-state index contributed by atoms with van der Waals surface area (Å²) in [6.07, 6.45) is 5.57. The number of para-hydroxylation sites is 1. The summed E-state index contributed by atoms with van der Waals surface area (Å²) in [5.74, 6) is -0.623. The van der Waals surface area contributed by atoms with Gasteiger partial charge in [0.2, 0.25) is 0 Å². The van der Waals surface area contributed by atoms with Crippen molar-refractivity contribution in [3.8, 4) is 0 Å². The topological polar surface area (TPSA) is 41.1 Å². The highest BCUT2D eigenvalue weighted by Gasteiger charge is 2.36. The summed E-state index contributed by atoms with van der Waals surface area (Å²) in [5, 5.41) is 5.67. The Morgan fingerprint density at radius 3 is 2.74 bits per heavy atom. The fraction of sp³-hybridized carbons (Fsp3) is 0.500. The van der Waals surface area contributed by atoms with Crippen LogP contribution in [0, 0.1) is 5.82 Å². The average Bonchev–Trinajstić information content (AvgIpc) is 2.37. The van der Waals surface area contributed by atoms with E-state index in [0.29, 0.717) is 12.1 Å². The van der Waals surface area contributed by atoms with Crippen LogP contribution in [-0.2, 0) is 0 Å². The first-order valence-corrected chi connectivity index (χ1v) is 7.64. The Bertz CT molecular complexity index is 469. The van der Waals surface area contributed by atoms with Gasteiger partial charge in [0, 0.05) is 18.3 Å². The standard InChI is InChI=1S/C14H19FN2OS/c1-16-12-10(5-3-6-11(12)15)13(18)17-9-14(19-2)7-4-8-14/h3,5-6,16H,4,7-9H2,1-2H3,(H,17,18). The van der Waals surface area contributed by atoms with Crippen molar-refractivity contribution in [2.24, 2.45) is 0 Å². The molecule has 0 radical (unpaired) electrons. The molecule has 0 saturated heterocycles. The van der Waals surface area contributed by atoms with Crippen LogP contribution in [-0.4, -0.2) is 30.5 Å². The third kappa shape index (κ3) is 2.86. The Balaban J connectivity index is 2.06. The monoisotopic (exact) mass is 282 g/mol. The number of hydrogen-bond donors (Lipinski definition) is 2. The third-order valence-corrected chi connectivity index (χ3v) is 5.20. The van der Waals surface area contributed by atoms with Crippen molar-refractivity contribution in [3.05, 3.63) is 29.6 Å². The summed E-state index contributed by atoms with van der Waals surface area (Å²) < 4.78 is 13.8.